The minimum absolute atomic E-state index is 0. The summed E-state index contributed by atoms with van der Waals surface area (Å²) < 4.78 is 0. The zero-order valence-corrected chi connectivity index (χ0v) is 12.1. The zero-order chi connectivity index (χ0) is 8.81. The summed E-state index contributed by atoms with van der Waals surface area (Å²) in [5.74, 6) is 0.690. The Morgan fingerprint density at radius 1 is 1.23 bits per heavy atom. The summed E-state index contributed by atoms with van der Waals surface area (Å²) in [6.45, 7) is 2.90. The van der Waals surface area contributed by atoms with E-state index in [2.05, 4.69) is 24.4 Å². The van der Waals surface area contributed by atoms with Gasteiger partial charge in [-0.05, 0) is 6.92 Å². The van der Waals surface area contributed by atoms with Crippen LogP contribution >= 0.6 is 11.6 Å². The average molecular weight is 222 g/mol. The van der Waals surface area contributed by atoms with Crippen LogP contribution in [0.15, 0.2) is 24.3 Å². The van der Waals surface area contributed by atoms with Crippen LogP contribution in [0.1, 0.15) is 12.0 Å². The molecular formula is C10H13ClKN. The van der Waals surface area contributed by atoms with Crippen LogP contribution in [0.4, 0.5) is 5.69 Å². The van der Waals surface area contributed by atoms with E-state index in [1.165, 1.54) is 5.56 Å². The van der Waals surface area contributed by atoms with Crippen molar-refractivity contribution in [3.8, 4) is 0 Å². The van der Waals surface area contributed by atoms with Gasteiger partial charge < -0.3 is 5.32 Å². The van der Waals surface area contributed by atoms with Crippen LogP contribution in [-0.2, 0) is 0 Å². The van der Waals surface area contributed by atoms with Crippen LogP contribution in [0.3, 0.4) is 0 Å². The fourth-order valence-corrected chi connectivity index (χ4v) is 1.04. The number of halogens is 1. The molecule has 0 saturated heterocycles. The van der Waals surface area contributed by atoms with Gasteiger partial charge in [0.2, 0.25) is 0 Å². The van der Waals surface area contributed by atoms with Crippen LogP contribution in [-0.4, -0.2) is 12.4 Å². The summed E-state index contributed by atoms with van der Waals surface area (Å²) in [5, 5.41) is 4.35. The van der Waals surface area contributed by atoms with Gasteiger partial charge in [-0.1, -0.05) is 36.2 Å². The third-order valence-corrected chi connectivity index (χ3v) is 1.89. The first kappa shape index (κ1) is 13.9. The van der Waals surface area contributed by atoms with Crippen molar-refractivity contribution < 1.29 is 51.4 Å². The third kappa shape index (κ3) is 6.10. The van der Waals surface area contributed by atoms with E-state index >= 15 is 0 Å². The van der Waals surface area contributed by atoms with Gasteiger partial charge in [0.05, 0.1) is 0 Å². The summed E-state index contributed by atoms with van der Waals surface area (Å²) in [6.07, 6.45) is 0.954. The third-order valence-electron chi connectivity index (χ3n) is 1.62. The Morgan fingerprint density at radius 3 is 2.38 bits per heavy atom. The van der Waals surface area contributed by atoms with Gasteiger partial charge in [0.25, 0.3) is 0 Å². The van der Waals surface area contributed by atoms with Crippen molar-refractivity contribution in [2.75, 3.05) is 12.4 Å². The first-order valence-electron chi connectivity index (χ1n) is 4.13. The van der Waals surface area contributed by atoms with Crippen LogP contribution < -0.4 is 51.4 Å². The SMILES string of the molecule is Cc1ccc([N-]CCCCl)cc1.[K+]. The van der Waals surface area contributed by atoms with Gasteiger partial charge in [-0.3, -0.25) is 0 Å². The van der Waals surface area contributed by atoms with E-state index in [0.717, 1.165) is 18.7 Å². The molecule has 66 valence electrons. The van der Waals surface area contributed by atoms with E-state index in [0.29, 0.717) is 5.88 Å². The molecule has 13 heavy (non-hydrogen) atoms. The van der Waals surface area contributed by atoms with E-state index in [-0.39, 0.29) is 51.4 Å². The Labute approximate surface area is 128 Å². The van der Waals surface area contributed by atoms with Crippen molar-refractivity contribution in [1.29, 1.82) is 0 Å². The van der Waals surface area contributed by atoms with Crippen molar-refractivity contribution in [3.63, 3.8) is 0 Å². The van der Waals surface area contributed by atoms with Crippen LogP contribution in [0.5, 0.6) is 0 Å². The maximum Gasteiger partial charge on any atom is 1.00 e. The normalized spacial score (nSPS) is 9.08. The van der Waals surface area contributed by atoms with Crippen LogP contribution in [0.2, 0.25) is 0 Å². The molecule has 0 heterocycles. The summed E-state index contributed by atoms with van der Waals surface area (Å²) in [6, 6.07) is 8.20. The molecule has 1 rings (SSSR count). The van der Waals surface area contributed by atoms with Gasteiger partial charge in [-0.2, -0.15) is 0 Å². The Hall–Kier alpha value is 0.946. The summed E-state index contributed by atoms with van der Waals surface area (Å²) in [4.78, 5) is 0. The van der Waals surface area contributed by atoms with E-state index in [1.54, 1.807) is 0 Å². The molecule has 1 nitrogen and oxygen atoms in total. The topological polar surface area (TPSA) is 14.1 Å². The molecule has 0 bridgehead atoms. The van der Waals surface area contributed by atoms with Crippen molar-refractivity contribution in [3.05, 3.63) is 35.1 Å². The zero-order valence-electron chi connectivity index (χ0n) is 8.26. The molecule has 0 aliphatic rings. The number of benzene rings is 1. The predicted molar refractivity (Wildman–Crippen MR) is 54.4 cm³/mol. The molecule has 0 atom stereocenters. The van der Waals surface area contributed by atoms with Gasteiger partial charge in [-0.15, -0.1) is 23.8 Å². The molecule has 0 spiro atoms. The molecule has 3 heteroatoms. The Balaban J connectivity index is 0.00000144. The number of nitrogens with zero attached hydrogens (tertiary/aromatic N) is 1. The molecule has 0 aliphatic heterocycles. The Bertz CT molecular complexity index is 223. The first-order chi connectivity index (χ1) is 5.83. The van der Waals surface area contributed by atoms with Gasteiger partial charge in [-0.25, -0.2) is 0 Å². The molecule has 0 radical (unpaired) electrons. The molecule has 1 aromatic carbocycles. The number of hydrogen-bond acceptors (Lipinski definition) is 0. The van der Waals surface area contributed by atoms with Gasteiger partial charge >= 0.3 is 51.4 Å². The van der Waals surface area contributed by atoms with Crippen molar-refractivity contribution in [1.82, 2.24) is 0 Å². The van der Waals surface area contributed by atoms with Crippen LogP contribution in [0.25, 0.3) is 5.32 Å². The van der Waals surface area contributed by atoms with Gasteiger partial charge in [0.15, 0.2) is 0 Å². The number of hydrogen-bond donors (Lipinski definition) is 0. The Kier molecular flexibility index (Phi) is 8.87. The molecule has 0 N–H and O–H groups in total. The van der Waals surface area contributed by atoms with Crippen molar-refractivity contribution >= 4 is 17.3 Å². The maximum atomic E-state index is 5.53. The molecule has 0 aliphatic carbocycles. The minimum atomic E-state index is 0. The standard InChI is InChI=1S/C10H13ClN.K/c1-9-3-5-10(6-4-9)12-8-2-7-11;/h3-6H,2,7-8H2,1H3;/q-1;+1. The molecule has 0 saturated carbocycles. The van der Waals surface area contributed by atoms with Gasteiger partial charge in [0, 0.05) is 5.88 Å². The summed E-state index contributed by atoms with van der Waals surface area (Å²) in [7, 11) is 0. The monoisotopic (exact) mass is 221 g/mol. The second-order valence-electron chi connectivity index (χ2n) is 2.76. The smallest absolute Gasteiger partial charge is 0.684 e. The quantitative estimate of drug-likeness (QED) is 0.403. The molecule has 0 fully saturated rings. The maximum absolute atomic E-state index is 5.53. The molecule has 0 amide bonds. The van der Waals surface area contributed by atoms with Gasteiger partial charge in [0.1, 0.15) is 0 Å². The van der Waals surface area contributed by atoms with Crippen molar-refractivity contribution in [2.45, 2.75) is 13.3 Å². The number of alkyl halides is 1. The molecule has 0 unspecified atom stereocenters. The predicted octanol–water partition coefficient (Wildman–Crippen LogP) is 0.633. The van der Waals surface area contributed by atoms with E-state index < -0.39 is 0 Å². The second kappa shape index (κ2) is 8.27. The Morgan fingerprint density at radius 2 is 1.85 bits per heavy atom. The molecule has 0 aromatic heterocycles. The second-order valence-corrected chi connectivity index (χ2v) is 3.14. The summed E-state index contributed by atoms with van der Waals surface area (Å²) in [5.41, 5.74) is 2.32. The number of aryl methyl sites for hydroxylation is 1. The average Bonchev–Trinajstić information content (AvgIpc) is 2.09. The largest absolute Gasteiger partial charge is 1.00 e. The molecular weight excluding hydrogens is 209 g/mol. The molecule has 1 aromatic rings. The van der Waals surface area contributed by atoms with E-state index in [4.69, 9.17) is 11.6 Å². The number of rotatable bonds is 4. The minimum Gasteiger partial charge on any atom is -0.684 e. The van der Waals surface area contributed by atoms with Crippen LogP contribution in [0, 0.1) is 6.92 Å². The fraction of sp³-hybridized carbons (Fsp3) is 0.400. The fourth-order valence-electron chi connectivity index (χ4n) is 0.918. The van der Waals surface area contributed by atoms with E-state index in [9.17, 15) is 0 Å². The van der Waals surface area contributed by atoms with E-state index in [1.807, 2.05) is 12.1 Å². The first-order valence-corrected chi connectivity index (χ1v) is 4.66. The van der Waals surface area contributed by atoms with Crippen molar-refractivity contribution in [2.24, 2.45) is 0 Å². The summed E-state index contributed by atoms with van der Waals surface area (Å²) >= 11 is 5.53.